The van der Waals surface area contributed by atoms with E-state index >= 15 is 0 Å². The molecule has 0 saturated carbocycles. The Labute approximate surface area is 146 Å². The molecule has 2 N–H and O–H groups in total. The van der Waals surface area contributed by atoms with Crippen molar-refractivity contribution >= 4 is 11.8 Å². The van der Waals surface area contributed by atoms with Gasteiger partial charge in [-0.2, -0.15) is 0 Å². The molecule has 7 heteroatoms. The van der Waals surface area contributed by atoms with E-state index in [0.29, 0.717) is 18.5 Å². The van der Waals surface area contributed by atoms with Crippen molar-refractivity contribution in [3.8, 4) is 0 Å². The van der Waals surface area contributed by atoms with E-state index in [-0.39, 0.29) is 18.4 Å². The van der Waals surface area contributed by atoms with Gasteiger partial charge in [0.05, 0.1) is 6.54 Å². The number of hydrogen-bond donors (Lipinski definition) is 2. The molecular formula is C18H23N5O2. The Morgan fingerprint density at radius 2 is 1.88 bits per heavy atom. The predicted molar refractivity (Wildman–Crippen MR) is 93.3 cm³/mol. The zero-order valence-electron chi connectivity index (χ0n) is 14.6. The third-order valence-electron chi connectivity index (χ3n) is 4.25. The van der Waals surface area contributed by atoms with Gasteiger partial charge in [0.1, 0.15) is 11.6 Å². The van der Waals surface area contributed by atoms with Gasteiger partial charge in [0.25, 0.3) is 5.91 Å². The third-order valence-corrected chi connectivity index (χ3v) is 4.25. The van der Waals surface area contributed by atoms with Crippen LogP contribution in [0.25, 0.3) is 0 Å². The van der Waals surface area contributed by atoms with Crippen molar-refractivity contribution < 1.29 is 9.59 Å². The first kappa shape index (κ1) is 17.1. The summed E-state index contributed by atoms with van der Waals surface area (Å²) in [6, 6.07) is 5.63. The summed E-state index contributed by atoms with van der Waals surface area (Å²) < 4.78 is 2.12. The molecule has 0 unspecified atom stereocenters. The summed E-state index contributed by atoms with van der Waals surface area (Å²) in [6.45, 7) is 5.28. The van der Waals surface area contributed by atoms with Crippen LogP contribution in [0.15, 0.2) is 18.2 Å². The van der Waals surface area contributed by atoms with Crippen LogP contribution in [-0.2, 0) is 24.2 Å². The lowest BCUT2D eigenvalue weighted by Crippen LogP contribution is -2.37. The average molecular weight is 341 g/mol. The monoisotopic (exact) mass is 341 g/mol. The van der Waals surface area contributed by atoms with Crippen LogP contribution in [0, 0.1) is 13.8 Å². The van der Waals surface area contributed by atoms with E-state index in [1.807, 2.05) is 32.0 Å². The first-order chi connectivity index (χ1) is 12.0. The molecule has 0 saturated heterocycles. The molecule has 0 fully saturated rings. The minimum absolute atomic E-state index is 0.0379. The fourth-order valence-electron chi connectivity index (χ4n) is 3.14. The predicted octanol–water partition coefficient (Wildman–Crippen LogP) is 0.930. The summed E-state index contributed by atoms with van der Waals surface area (Å²) in [7, 11) is 0. The Hall–Kier alpha value is -2.70. The maximum atomic E-state index is 12.1. The number of fused-ring (bicyclic) bond motifs is 1. The summed E-state index contributed by atoms with van der Waals surface area (Å²) in [4.78, 5) is 24.0. The molecule has 0 atom stereocenters. The van der Waals surface area contributed by atoms with Crippen LogP contribution in [-0.4, -0.2) is 39.7 Å². The second kappa shape index (κ2) is 7.46. The molecule has 0 radical (unpaired) electrons. The lowest BCUT2D eigenvalue weighted by molar-refractivity contribution is -0.120. The summed E-state index contributed by atoms with van der Waals surface area (Å²) in [5.41, 5.74) is 2.62. The van der Waals surface area contributed by atoms with Crippen molar-refractivity contribution in [1.82, 2.24) is 25.4 Å². The van der Waals surface area contributed by atoms with Gasteiger partial charge in [-0.3, -0.25) is 9.59 Å². The van der Waals surface area contributed by atoms with E-state index in [9.17, 15) is 9.59 Å². The molecule has 0 bridgehead atoms. The van der Waals surface area contributed by atoms with Gasteiger partial charge in [0.2, 0.25) is 5.91 Å². The minimum atomic E-state index is -0.239. The molecule has 0 spiro atoms. The number of rotatable bonds is 6. The lowest BCUT2D eigenvalue weighted by atomic mass is 10.1. The van der Waals surface area contributed by atoms with Crippen molar-refractivity contribution in [2.45, 2.75) is 39.7 Å². The number of nitrogens with zero attached hydrogens (tertiary/aromatic N) is 3. The highest BCUT2D eigenvalue weighted by atomic mass is 16.2. The van der Waals surface area contributed by atoms with Crippen molar-refractivity contribution in [3.05, 3.63) is 46.5 Å². The SMILES string of the molecule is Cc1cc(C)cc(C(=O)NCC(=O)NCCc2nnc3n2CCC3)c1. The van der Waals surface area contributed by atoms with E-state index in [1.54, 1.807) is 0 Å². The Balaban J connectivity index is 1.42. The summed E-state index contributed by atoms with van der Waals surface area (Å²) >= 11 is 0. The summed E-state index contributed by atoms with van der Waals surface area (Å²) in [5, 5.41) is 13.8. The van der Waals surface area contributed by atoms with Gasteiger partial charge in [-0.1, -0.05) is 17.2 Å². The molecule has 1 aliphatic heterocycles. The highest BCUT2D eigenvalue weighted by Gasteiger charge is 2.17. The maximum Gasteiger partial charge on any atom is 0.251 e. The number of carbonyl (C=O) groups excluding carboxylic acids is 2. The standard InChI is InChI=1S/C18H23N5O2/c1-12-8-13(2)10-14(9-12)18(25)20-11-17(24)19-6-5-16-22-21-15-4-3-7-23(15)16/h8-10H,3-7,11H2,1-2H3,(H,19,24)(H,20,25). The van der Waals surface area contributed by atoms with Crippen molar-refractivity contribution in [1.29, 1.82) is 0 Å². The van der Waals surface area contributed by atoms with E-state index in [0.717, 1.165) is 42.2 Å². The molecule has 25 heavy (non-hydrogen) atoms. The summed E-state index contributed by atoms with van der Waals surface area (Å²) in [6.07, 6.45) is 2.72. The van der Waals surface area contributed by atoms with Gasteiger partial charge < -0.3 is 15.2 Å². The van der Waals surface area contributed by atoms with Crippen LogP contribution in [0.5, 0.6) is 0 Å². The zero-order valence-corrected chi connectivity index (χ0v) is 14.6. The van der Waals surface area contributed by atoms with Gasteiger partial charge in [-0.15, -0.1) is 10.2 Å². The molecule has 0 aliphatic carbocycles. The first-order valence-corrected chi connectivity index (χ1v) is 8.57. The molecule has 7 nitrogen and oxygen atoms in total. The lowest BCUT2D eigenvalue weighted by Gasteiger charge is -2.08. The number of carbonyl (C=O) groups is 2. The van der Waals surface area contributed by atoms with Gasteiger partial charge in [-0.05, 0) is 32.4 Å². The average Bonchev–Trinajstić information content (AvgIpc) is 3.16. The molecule has 132 valence electrons. The largest absolute Gasteiger partial charge is 0.354 e. The number of hydrogen-bond acceptors (Lipinski definition) is 4. The van der Waals surface area contributed by atoms with Crippen LogP contribution in [0.3, 0.4) is 0 Å². The van der Waals surface area contributed by atoms with Crippen LogP contribution in [0.4, 0.5) is 0 Å². The van der Waals surface area contributed by atoms with E-state index < -0.39 is 0 Å². The highest BCUT2D eigenvalue weighted by Crippen LogP contribution is 2.13. The number of amides is 2. The molecule has 3 rings (SSSR count). The Morgan fingerprint density at radius 1 is 1.12 bits per heavy atom. The van der Waals surface area contributed by atoms with Crippen molar-refractivity contribution in [3.63, 3.8) is 0 Å². The zero-order chi connectivity index (χ0) is 17.8. The Morgan fingerprint density at radius 3 is 2.64 bits per heavy atom. The maximum absolute atomic E-state index is 12.1. The molecule has 2 aromatic rings. The fraction of sp³-hybridized carbons (Fsp3) is 0.444. The number of nitrogens with one attached hydrogen (secondary N) is 2. The molecule has 1 aromatic carbocycles. The highest BCUT2D eigenvalue weighted by molar-refractivity contribution is 5.96. The van der Waals surface area contributed by atoms with E-state index in [4.69, 9.17) is 0 Å². The molecular weight excluding hydrogens is 318 g/mol. The minimum Gasteiger partial charge on any atom is -0.354 e. The molecule has 2 heterocycles. The Kier molecular flexibility index (Phi) is 5.11. The molecule has 2 amide bonds. The second-order valence-electron chi connectivity index (χ2n) is 6.45. The van der Waals surface area contributed by atoms with E-state index in [2.05, 4.69) is 25.4 Å². The van der Waals surface area contributed by atoms with Crippen LogP contribution < -0.4 is 10.6 Å². The van der Waals surface area contributed by atoms with Gasteiger partial charge >= 0.3 is 0 Å². The van der Waals surface area contributed by atoms with Gasteiger partial charge in [-0.25, -0.2) is 0 Å². The van der Waals surface area contributed by atoms with Crippen molar-refractivity contribution in [2.24, 2.45) is 0 Å². The van der Waals surface area contributed by atoms with Gasteiger partial charge in [0.15, 0.2) is 0 Å². The van der Waals surface area contributed by atoms with Crippen LogP contribution in [0.2, 0.25) is 0 Å². The van der Waals surface area contributed by atoms with E-state index in [1.165, 1.54) is 0 Å². The van der Waals surface area contributed by atoms with Crippen LogP contribution in [0.1, 0.15) is 39.6 Å². The number of benzene rings is 1. The third kappa shape index (κ3) is 4.23. The quantitative estimate of drug-likeness (QED) is 0.818. The Bertz CT molecular complexity index is 777. The van der Waals surface area contributed by atoms with Crippen molar-refractivity contribution in [2.75, 3.05) is 13.1 Å². The topological polar surface area (TPSA) is 88.9 Å². The van der Waals surface area contributed by atoms with Crippen LogP contribution >= 0.6 is 0 Å². The smallest absolute Gasteiger partial charge is 0.251 e. The van der Waals surface area contributed by atoms with Gasteiger partial charge in [0, 0.05) is 31.5 Å². The molecule has 1 aromatic heterocycles. The molecule has 1 aliphatic rings. The summed E-state index contributed by atoms with van der Waals surface area (Å²) in [5.74, 6) is 1.49. The number of aryl methyl sites for hydroxylation is 3. The number of aromatic nitrogens is 3. The fourth-order valence-corrected chi connectivity index (χ4v) is 3.14. The first-order valence-electron chi connectivity index (χ1n) is 8.57. The second-order valence-corrected chi connectivity index (χ2v) is 6.45. The normalized spacial score (nSPS) is 12.7.